The van der Waals surface area contributed by atoms with Gasteiger partial charge in [0.2, 0.25) is 5.76 Å². The van der Waals surface area contributed by atoms with E-state index in [9.17, 15) is 9.59 Å². The van der Waals surface area contributed by atoms with Crippen LogP contribution in [0.2, 0.25) is 0 Å². The Morgan fingerprint density at radius 1 is 1.32 bits per heavy atom. The Morgan fingerprint density at radius 2 is 2.05 bits per heavy atom. The number of urea groups is 1. The molecular formula is C12H19N3O4. The van der Waals surface area contributed by atoms with Crippen LogP contribution in [0.4, 0.5) is 4.79 Å². The number of carbonyl (C=O) groups excluding carboxylic acids is 2. The van der Waals surface area contributed by atoms with E-state index in [2.05, 4.69) is 15.4 Å². The fraction of sp³-hybridized carbons (Fsp3) is 0.500. The molecule has 1 heterocycles. The lowest BCUT2D eigenvalue weighted by Gasteiger charge is -2.11. The van der Waals surface area contributed by atoms with Crippen LogP contribution >= 0.6 is 0 Å². The Bertz CT molecular complexity index is 428. The van der Waals surface area contributed by atoms with Gasteiger partial charge in [0, 0.05) is 27.2 Å². The Morgan fingerprint density at radius 3 is 2.68 bits per heavy atom. The SMILES string of the molecule is COC(=O)c1ccc(CNCCNC(=O)N(C)C)o1. The number of furan rings is 1. The molecule has 0 saturated heterocycles. The molecule has 7 nitrogen and oxygen atoms in total. The van der Waals surface area contributed by atoms with E-state index in [0.29, 0.717) is 25.4 Å². The quantitative estimate of drug-likeness (QED) is 0.578. The number of rotatable bonds is 6. The highest BCUT2D eigenvalue weighted by molar-refractivity contribution is 5.86. The van der Waals surface area contributed by atoms with Crippen molar-refractivity contribution < 1.29 is 18.7 Å². The second kappa shape index (κ2) is 7.42. The van der Waals surface area contributed by atoms with Crippen LogP contribution in [-0.4, -0.2) is 51.2 Å². The Balaban J connectivity index is 2.21. The number of carbonyl (C=O) groups is 2. The van der Waals surface area contributed by atoms with Crippen molar-refractivity contribution in [2.45, 2.75) is 6.54 Å². The minimum atomic E-state index is -0.496. The molecule has 1 aromatic rings. The molecule has 0 spiro atoms. The maximum atomic E-state index is 11.2. The summed E-state index contributed by atoms with van der Waals surface area (Å²) in [7, 11) is 4.66. The number of hydrogen-bond donors (Lipinski definition) is 2. The van der Waals surface area contributed by atoms with Crippen molar-refractivity contribution in [3.63, 3.8) is 0 Å². The van der Waals surface area contributed by atoms with Crippen LogP contribution in [0.25, 0.3) is 0 Å². The first-order valence-corrected chi connectivity index (χ1v) is 5.87. The first-order valence-electron chi connectivity index (χ1n) is 5.87. The number of esters is 1. The monoisotopic (exact) mass is 269 g/mol. The van der Waals surface area contributed by atoms with E-state index in [1.165, 1.54) is 12.0 Å². The molecule has 0 bridgehead atoms. The largest absolute Gasteiger partial charge is 0.463 e. The summed E-state index contributed by atoms with van der Waals surface area (Å²) in [6, 6.07) is 3.14. The second-order valence-electron chi connectivity index (χ2n) is 4.06. The molecule has 1 rings (SSSR count). The van der Waals surface area contributed by atoms with Crippen molar-refractivity contribution in [2.75, 3.05) is 34.3 Å². The standard InChI is InChI=1S/C12H19N3O4/c1-15(2)12(17)14-7-6-13-8-9-4-5-10(19-9)11(16)18-3/h4-5,13H,6-8H2,1-3H3,(H,14,17). The molecule has 0 atom stereocenters. The van der Waals surface area contributed by atoms with Crippen LogP contribution in [0.1, 0.15) is 16.3 Å². The van der Waals surface area contributed by atoms with Crippen molar-refractivity contribution >= 4 is 12.0 Å². The van der Waals surface area contributed by atoms with Crippen molar-refractivity contribution in [1.29, 1.82) is 0 Å². The van der Waals surface area contributed by atoms with E-state index in [1.807, 2.05) is 0 Å². The molecule has 2 amide bonds. The molecule has 0 radical (unpaired) electrons. The molecule has 0 saturated carbocycles. The summed E-state index contributed by atoms with van der Waals surface area (Å²) in [5.41, 5.74) is 0. The Labute approximate surface area is 111 Å². The molecule has 106 valence electrons. The number of hydrogen-bond acceptors (Lipinski definition) is 5. The third kappa shape index (κ3) is 5.01. The van der Waals surface area contributed by atoms with Gasteiger partial charge in [-0.15, -0.1) is 0 Å². The lowest BCUT2D eigenvalue weighted by Crippen LogP contribution is -2.38. The number of methoxy groups -OCH3 is 1. The Kier molecular flexibility index (Phi) is 5.87. The van der Waals surface area contributed by atoms with E-state index in [1.54, 1.807) is 26.2 Å². The maximum absolute atomic E-state index is 11.2. The highest BCUT2D eigenvalue weighted by atomic mass is 16.5. The highest BCUT2D eigenvalue weighted by Crippen LogP contribution is 2.08. The molecule has 0 unspecified atom stereocenters. The van der Waals surface area contributed by atoms with Crippen LogP contribution in [0.3, 0.4) is 0 Å². The second-order valence-corrected chi connectivity index (χ2v) is 4.06. The van der Waals surface area contributed by atoms with Crippen molar-refractivity contribution in [3.8, 4) is 0 Å². The fourth-order valence-corrected chi connectivity index (χ4v) is 1.31. The minimum absolute atomic E-state index is 0.132. The maximum Gasteiger partial charge on any atom is 0.373 e. The smallest absolute Gasteiger partial charge is 0.373 e. The van der Waals surface area contributed by atoms with Crippen molar-refractivity contribution in [3.05, 3.63) is 23.7 Å². The molecule has 0 aliphatic carbocycles. The van der Waals surface area contributed by atoms with Crippen LogP contribution in [0, 0.1) is 0 Å². The van der Waals surface area contributed by atoms with Gasteiger partial charge in [0.1, 0.15) is 5.76 Å². The van der Waals surface area contributed by atoms with Gasteiger partial charge >= 0.3 is 12.0 Å². The zero-order valence-corrected chi connectivity index (χ0v) is 11.4. The predicted molar refractivity (Wildman–Crippen MR) is 68.8 cm³/mol. The zero-order valence-electron chi connectivity index (χ0n) is 11.4. The third-order valence-electron chi connectivity index (χ3n) is 2.33. The van der Waals surface area contributed by atoms with Crippen LogP contribution < -0.4 is 10.6 Å². The zero-order chi connectivity index (χ0) is 14.3. The summed E-state index contributed by atoms with van der Waals surface area (Å²) < 4.78 is 9.81. The van der Waals surface area contributed by atoms with E-state index in [4.69, 9.17) is 4.42 Å². The summed E-state index contributed by atoms with van der Waals surface area (Å²) in [5.74, 6) is 0.323. The molecule has 19 heavy (non-hydrogen) atoms. The van der Waals surface area contributed by atoms with Gasteiger partial charge in [-0.3, -0.25) is 0 Å². The molecule has 0 aliphatic rings. The summed E-state index contributed by atoms with van der Waals surface area (Å²) in [6.07, 6.45) is 0. The summed E-state index contributed by atoms with van der Waals surface area (Å²) in [5, 5.41) is 5.81. The number of amides is 2. The molecule has 1 aromatic heterocycles. The van der Waals surface area contributed by atoms with Gasteiger partial charge in [0.15, 0.2) is 0 Å². The van der Waals surface area contributed by atoms with Crippen LogP contribution in [0.5, 0.6) is 0 Å². The first-order chi connectivity index (χ1) is 9.04. The summed E-state index contributed by atoms with van der Waals surface area (Å²) >= 11 is 0. The summed E-state index contributed by atoms with van der Waals surface area (Å²) in [6.45, 7) is 1.60. The topological polar surface area (TPSA) is 83.8 Å². The average molecular weight is 269 g/mol. The van der Waals surface area contributed by atoms with Gasteiger partial charge in [0.05, 0.1) is 13.7 Å². The molecular weight excluding hydrogens is 250 g/mol. The van der Waals surface area contributed by atoms with Crippen molar-refractivity contribution in [2.24, 2.45) is 0 Å². The van der Waals surface area contributed by atoms with Gasteiger partial charge in [-0.1, -0.05) is 0 Å². The van der Waals surface area contributed by atoms with Crippen LogP contribution in [-0.2, 0) is 11.3 Å². The number of nitrogens with zero attached hydrogens (tertiary/aromatic N) is 1. The van der Waals surface area contributed by atoms with E-state index >= 15 is 0 Å². The Hall–Kier alpha value is -2.02. The molecule has 7 heteroatoms. The van der Waals surface area contributed by atoms with E-state index < -0.39 is 5.97 Å². The van der Waals surface area contributed by atoms with E-state index in [0.717, 1.165) is 0 Å². The highest BCUT2D eigenvalue weighted by Gasteiger charge is 2.10. The number of nitrogens with one attached hydrogen (secondary N) is 2. The average Bonchev–Trinajstić information content (AvgIpc) is 2.85. The van der Waals surface area contributed by atoms with Gasteiger partial charge in [0.25, 0.3) is 0 Å². The lowest BCUT2D eigenvalue weighted by atomic mass is 10.4. The van der Waals surface area contributed by atoms with Gasteiger partial charge in [-0.25, -0.2) is 9.59 Å². The molecule has 0 aliphatic heterocycles. The molecule has 0 fully saturated rings. The normalized spacial score (nSPS) is 10.1. The summed E-state index contributed by atoms with van der Waals surface area (Å²) in [4.78, 5) is 23.8. The third-order valence-corrected chi connectivity index (χ3v) is 2.33. The van der Waals surface area contributed by atoms with Crippen molar-refractivity contribution in [1.82, 2.24) is 15.5 Å². The van der Waals surface area contributed by atoms with E-state index in [-0.39, 0.29) is 11.8 Å². The minimum Gasteiger partial charge on any atom is -0.463 e. The van der Waals surface area contributed by atoms with Gasteiger partial charge < -0.3 is 24.7 Å². The first kappa shape index (κ1) is 15.0. The predicted octanol–water partition coefficient (Wildman–Crippen LogP) is 0.427. The molecule has 0 aromatic carbocycles. The molecule has 2 N–H and O–H groups in total. The van der Waals surface area contributed by atoms with Crippen LogP contribution in [0.15, 0.2) is 16.5 Å². The van der Waals surface area contributed by atoms with Gasteiger partial charge in [-0.2, -0.15) is 0 Å². The lowest BCUT2D eigenvalue weighted by molar-refractivity contribution is 0.0563. The number of ether oxygens (including phenoxy) is 1. The fourth-order valence-electron chi connectivity index (χ4n) is 1.31. The van der Waals surface area contributed by atoms with Gasteiger partial charge in [-0.05, 0) is 12.1 Å².